The molecule has 1 aromatic heterocycles. The largest absolute Gasteiger partial charge is 0.486 e. The number of esters is 1. The van der Waals surface area contributed by atoms with Crippen LogP contribution in [0.15, 0.2) is 54.6 Å². The summed E-state index contributed by atoms with van der Waals surface area (Å²) in [5, 5.41) is 0.878. The van der Waals surface area contributed by atoms with E-state index < -0.39 is 12.1 Å². The molecule has 0 aliphatic heterocycles. The van der Waals surface area contributed by atoms with E-state index in [1.165, 1.54) is 12.0 Å². The van der Waals surface area contributed by atoms with Gasteiger partial charge in [0.2, 0.25) is 0 Å². The number of methoxy groups -OCH3 is 1. The lowest BCUT2D eigenvalue weighted by Crippen LogP contribution is -2.34. The predicted molar refractivity (Wildman–Crippen MR) is 120 cm³/mol. The zero-order chi connectivity index (χ0) is 22.4. The summed E-state index contributed by atoms with van der Waals surface area (Å²) < 4.78 is 17.0. The predicted octanol–water partition coefficient (Wildman–Crippen LogP) is 5.22. The Kier molecular flexibility index (Phi) is 7.25. The zero-order valence-electron chi connectivity index (χ0n) is 17.7. The van der Waals surface area contributed by atoms with Crippen LogP contribution in [0, 0.1) is 6.92 Å². The number of benzene rings is 2. The maximum atomic E-state index is 12.2. The van der Waals surface area contributed by atoms with Crippen LogP contribution < -0.4 is 9.64 Å². The minimum atomic E-state index is -0.630. The summed E-state index contributed by atoms with van der Waals surface area (Å²) in [5.41, 5.74) is 2.96. The van der Waals surface area contributed by atoms with Gasteiger partial charge in [-0.05, 0) is 49.7 Å². The second-order valence-electron chi connectivity index (χ2n) is 6.99. The van der Waals surface area contributed by atoms with Gasteiger partial charge in [-0.3, -0.25) is 4.79 Å². The Balaban J connectivity index is 1.69. The number of fused-ring (bicyclic) bond motifs is 1. The number of nitrogens with zero attached hydrogens (tertiary/aromatic N) is 2. The van der Waals surface area contributed by atoms with E-state index in [-0.39, 0.29) is 13.2 Å². The Bertz CT molecular complexity index is 1080. The van der Waals surface area contributed by atoms with Crippen molar-refractivity contribution >= 4 is 39.3 Å². The van der Waals surface area contributed by atoms with Gasteiger partial charge in [0.25, 0.3) is 0 Å². The van der Waals surface area contributed by atoms with Crippen LogP contribution in [-0.4, -0.2) is 30.9 Å². The van der Waals surface area contributed by atoms with Gasteiger partial charge in [-0.2, -0.15) is 0 Å². The third kappa shape index (κ3) is 5.82. The summed E-state index contributed by atoms with van der Waals surface area (Å²) in [4.78, 5) is 29.9. The summed E-state index contributed by atoms with van der Waals surface area (Å²) >= 11 is 1.59. The van der Waals surface area contributed by atoms with E-state index in [9.17, 15) is 9.59 Å². The summed E-state index contributed by atoms with van der Waals surface area (Å²) in [6.07, 6.45) is -0.540. The van der Waals surface area contributed by atoms with Gasteiger partial charge in [0.1, 0.15) is 17.4 Å². The molecule has 0 saturated carbocycles. The third-order valence-corrected chi connectivity index (χ3v) is 5.37. The number of para-hydroxylation sites is 1. The molecule has 3 aromatic rings. The Morgan fingerprint density at radius 1 is 1.19 bits per heavy atom. The van der Waals surface area contributed by atoms with E-state index >= 15 is 0 Å². The summed E-state index contributed by atoms with van der Waals surface area (Å²) in [6, 6.07) is 13.2. The molecule has 3 rings (SSSR count). The fraction of sp³-hybridized carbons (Fsp3) is 0.261. The van der Waals surface area contributed by atoms with Gasteiger partial charge >= 0.3 is 12.1 Å². The third-order valence-electron chi connectivity index (χ3n) is 4.36. The quantitative estimate of drug-likeness (QED) is 0.271. The van der Waals surface area contributed by atoms with Crippen molar-refractivity contribution in [3.8, 4) is 5.75 Å². The second kappa shape index (κ2) is 10.1. The molecule has 0 saturated heterocycles. The molecule has 1 amide bonds. The molecule has 0 aliphatic rings. The average molecular weight is 441 g/mol. The van der Waals surface area contributed by atoms with Gasteiger partial charge in [0, 0.05) is 0 Å². The van der Waals surface area contributed by atoms with E-state index in [4.69, 9.17) is 14.2 Å². The fourth-order valence-corrected chi connectivity index (χ4v) is 3.79. The number of thiazole rings is 1. The first-order valence-corrected chi connectivity index (χ1v) is 10.4. The molecule has 0 unspecified atom stereocenters. The summed E-state index contributed by atoms with van der Waals surface area (Å²) in [7, 11) is 1.27. The number of hydrogen-bond donors (Lipinski definition) is 0. The van der Waals surface area contributed by atoms with Crippen molar-refractivity contribution in [3.05, 3.63) is 65.2 Å². The SMILES string of the molecule is C=C(C)CC(=O)OCN(C(=O)OC)c1ccc(OCc2nc3ccccc3s2)cc1C. The van der Waals surface area contributed by atoms with E-state index in [1.54, 1.807) is 30.4 Å². The van der Waals surface area contributed by atoms with Crippen LogP contribution in [0.25, 0.3) is 10.2 Å². The highest BCUT2D eigenvalue weighted by molar-refractivity contribution is 7.18. The zero-order valence-corrected chi connectivity index (χ0v) is 18.5. The van der Waals surface area contributed by atoms with E-state index in [0.29, 0.717) is 23.6 Å². The molecule has 1 heterocycles. The number of aryl methyl sites for hydroxylation is 1. The Morgan fingerprint density at radius 2 is 1.97 bits per heavy atom. The molecule has 0 N–H and O–H groups in total. The molecular weight excluding hydrogens is 416 g/mol. The summed E-state index contributed by atoms with van der Waals surface area (Å²) in [5.74, 6) is 0.180. The number of aromatic nitrogens is 1. The Hall–Kier alpha value is -3.39. The van der Waals surface area contributed by atoms with Crippen LogP contribution in [0.4, 0.5) is 10.5 Å². The van der Waals surface area contributed by atoms with E-state index in [1.807, 2.05) is 37.3 Å². The maximum absolute atomic E-state index is 12.2. The number of ether oxygens (including phenoxy) is 3. The lowest BCUT2D eigenvalue weighted by molar-refractivity contribution is -0.142. The van der Waals surface area contributed by atoms with Gasteiger partial charge < -0.3 is 14.2 Å². The van der Waals surface area contributed by atoms with Gasteiger partial charge in [-0.15, -0.1) is 11.3 Å². The normalized spacial score (nSPS) is 10.5. The van der Waals surface area contributed by atoms with Crippen LogP contribution >= 0.6 is 11.3 Å². The van der Waals surface area contributed by atoms with Crippen LogP contribution in [0.5, 0.6) is 5.75 Å². The number of amides is 1. The standard InChI is InChI=1S/C23H24N2O5S/c1-15(2)11-22(26)30-14-25(23(27)28-4)19-10-9-17(12-16(19)3)29-13-21-24-18-7-5-6-8-20(18)31-21/h5-10,12H,1,11,13-14H2,2-4H3. The number of carbonyl (C=O) groups excluding carboxylic acids is 2. The van der Waals surface area contributed by atoms with Crippen LogP contribution in [0.1, 0.15) is 23.9 Å². The molecule has 0 fully saturated rings. The first-order chi connectivity index (χ1) is 14.9. The molecule has 0 aliphatic carbocycles. The lowest BCUT2D eigenvalue weighted by atomic mass is 10.2. The minimum absolute atomic E-state index is 0.0898. The highest BCUT2D eigenvalue weighted by atomic mass is 32.1. The van der Waals surface area contributed by atoms with Gasteiger partial charge in [0.05, 0.1) is 29.4 Å². The highest BCUT2D eigenvalue weighted by Crippen LogP contribution is 2.27. The van der Waals surface area contributed by atoms with Gasteiger partial charge in [-0.1, -0.05) is 24.3 Å². The van der Waals surface area contributed by atoms with E-state index in [2.05, 4.69) is 11.6 Å². The lowest BCUT2D eigenvalue weighted by Gasteiger charge is -2.23. The molecule has 0 spiro atoms. The topological polar surface area (TPSA) is 78.0 Å². The van der Waals surface area contributed by atoms with Crippen molar-refractivity contribution in [3.63, 3.8) is 0 Å². The molecule has 0 radical (unpaired) electrons. The van der Waals surface area contributed by atoms with Crippen molar-refractivity contribution in [2.45, 2.75) is 26.9 Å². The first kappa shape index (κ1) is 22.3. The fourth-order valence-electron chi connectivity index (χ4n) is 2.91. The minimum Gasteiger partial charge on any atom is -0.486 e. The summed E-state index contributed by atoms with van der Waals surface area (Å²) in [6.45, 7) is 7.34. The molecular formula is C23H24N2O5S. The number of rotatable bonds is 8. The number of anilines is 1. The number of hydrogen-bond acceptors (Lipinski definition) is 7. The molecule has 7 nitrogen and oxygen atoms in total. The van der Waals surface area contributed by atoms with Crippen LogP contribution in [0.2, 0.25) is 0 Å². The van der Waals surface area contributed by atoms with Crippen LogP contribution in [0.3, 0.4) is 0 Å². The smallest absolute Gasteiger partial charge is 0.416 e. The maximum Gasteiger partial charge on any atom is 0.416 e. The first-order valence-electron chi connectivity index (χ1n) is 9.60. The van der Waals surface area contributed by atoms with Gasteiger partial charge in [0.15, 0.2) is 6.73 Å². The molecule has 2 aromatic carbocycles. The van der Waals surface area contributed by atoms with Crippen molar-refractivity contribution < 1.29 is 23.8 Å². The van der Waals surface area contributed by atoms with Crippen molar-refractivity contribution in [1.82, 2.24) is 4.98 Å². The molecule has 8 heteroatoms. The highest BCUT2D eigenvalue weighted by Gasteiger charge is 2.20. The van der Waals surface area contributed by atoms with E-state index in [0.717, 1.165) is 20.8 Å². The molecule has 0 bridgehead atoms. The number of carbonyl (C=O) groups is 2. The van der Waals surface area contributed by atoms with Crippen molar-refractivity contribution in [2.24, 2.45) is 0 Å². The second-order valence-corrected chi connectivity index (χ2v) is 8.10. The molecule has 0 atom stereocenters. The monoisotopic (exact) mass is 440 g/mol. The van der Waals surface area contributed by atoms with Crippen LogP contribution in [-0.2, 0) is 20.9 Å². The van der Waals surface area contributed by atoms with Crippen molar-refractivity contribution in [2.75, 3.05) is 18.7 Å². The molecule has 31 heavy (non-hydrogen) atoms. The molecule has 162 valence electrons. The average Bonchev–Trinajstić information content (AvgIpc) is 3.15. The van der Waals surface area contributed by atoms with Crippen molar-refractivity contribution in [1.29, 1.82) is 0 Å². The Morgan fingerprint density at radius 3 is 2.65 bits per heavy atom. The Labute approximate surface area is 184 Å². The van der Waals surface area contributed by atoms with Gasteiger partial charge in [-0.25, -0.2) is 14.7 Å².